The summed E-state index contributed by atoms with van der Waals surface area (Å²) < 4.78 is 42.6. The Morgan fingerprint density at radius 3 is 2.36 bits per heavy atom. The molecule has 4 nitrogen and oxygen atoms in total. The topological polar surface area (TPSA) is 62.8 Å². The smallest absolute Gasteiger partial charge is 0.171 e. The van der Waals surface area contributed by atoms with Crippen LogP contribution in [-0.4, -0.2) is 21.5 Å². The summed E-state index contributed by atoms with van der Waals surface area (Å²) in [5.41, 5.74) is 2.41. The molecule has 0 amide bonds. The van der Waals surface area contributed by atoms with Crippen LogP contribution in [0.3, 0.4) is 0 Å². The molecule has 0 fully saturated rings. The van der Waals surface area contributed by atoms with Crippen molar-refractivity contribution >= 4 is 17.1 Å². The second kappa shape index (κ2) is 13.7. The fraction of sp³-hybridized carbons (Fsp3) is 0.171. The molecular weight excluding hydrogens is 537 g/mol. The van der Waals surface area contributed by atoms with E-state index in [9.17, 15) is 22.8 Å². The van der Waals surface area contributed by atoms with Crippen LogP contribution in [0.2, 0.25) is 0 Å². The molecule has 4 rings (SSSR count). The van der Waals surface area contributed by atoms with Gasteiger partial charge >= 0.3 is 0 Å². The summed E-state index contributed by atoms with van der Waals surface area (Å²) >= 11 is 0. The highest BCUT2D eigenvalue weighted by Crippen LogP contribution is 2.32. The Kier molecular flexibility index (Phi) is 9.86. The predicted octanol–water partition coefficient (Wildman–Crippen LogP) is 8.79. The number of carbonyl (C=O) groups excluding carboxylic acids is 2. The number of imidazole rings is 1. The van der Waals surface area contributed by atoms with Gasteiger partial charge in [0.2, 0.25) is 0 Å². The number of carbonyl (C=O) groups is 2. The van der Waals surface area contributed by atoms with Gasteiger partial charge in [0.05, 0.1) is 17.5 Å². The van der Waals surface area contributed by atoms with Crippen molar-refractivity contribution in [2.75, 3.05) is 0 Å². The third kappa shape index (κ3) is 7.10. The van der Waals surface area contributed by atoms with E-state index in [0.29, 0.717) is 28.7 Å². The van der Waals surface area contributed by atoms with E-state index in [-0.39, 0.29) is 29.0 Å². The number of hydrogen-bond donors (Lipinski definition) is 1. The van der Waals surface area contributed by atoms with Gasteiger partial charge in [-0.1, -0.05) is 86.7 Å². The number of Topliss-reactive ketones (excluding diaryl/α,β-unsaturated/α-hetero) is 1. The molecule has 0 spiro atoms. The lowest BCUT2D eigenvalue weighted by atomic mass is 9.88. The Morgan fingerprint density at radius 1 is 0.952 bits per heavy atom. The molecule has 0 unspecified atom stereocenters. The van der Waals surface area contributed by atoms with Gasteiger partial charge in [0.15, 0.2) is 23.2 Å². The highest BCUT2D eigenvalue weighted by Gasteiger charge is 2.20. The fourth-order valence-electron chi connectivity index (χ4n) is 4.83. The Labute approximate surface area is 243 Å². The van der Waals surface area contributed by atoms with Crippen molar-refractivity contribution < 1.29 is 22.8 Å². The molecule has 1 atom stereocenters. The van der Waals surface area contributed by atoms with Crippen molar-refractivity contribution in [1.29, 1.82) is 0 Å². The van der Waals surface area contributed by atoms with Crippen LogP contribution in [0.5, 0.6) is 0 Å². The third-order valence-corrected chi connectivity index (χ3v) is 6.90. The van der Waals surface area contributed by atoms with E-state index in [0.717, 1.165) is 30.5 Å². The Hall–Kier alpha value is -4.78. The number of H-pyrrole nitrogens is 1. The van der Waals surface area contributed by atoms with E-state index in [1.807, 2.05) is 30.3 Å². The van der Waals surface area contributed by atoms with E-state index in [1.165, 1.54) is 19.2 Å². The first kappa shape index (κ1) is 30.2. The standard InChI is InChI=1S/C35H31F3N2O2/c1-4-10-25(24-11-6-5-7-12-24)20-32(42)22(2)15-16-26(19-23(3)41)27-13-8-9-14-28(27)35-39-21-31(40-35)33-29(36)17-18-30(37)34(33)38/h5-9,11-19,21,25H,2,4,10,20H2,1,3H3,(H,39,40)/b16-15-,26-19-/t25-/m0/s1. The molecule has 0 saturated carbocycles. The molecule has 0 saturated heterocycles. The van der Waals surface area contributed by atoms with Crippen LogP contribution in [0.4, 0.5) is 13.2 Å². The number of nitrogens with zero attached hydrogens (tertiary/aromatic N) is 1. The van der Waals surface area contributed by atoms with Crippen LogP contribution < -0.4 is 0 Å². The van der Waals surface area contributed by atoms with Gasteiger partial charge < -0.3 is 4.98 Å². The van der Waals surface area contributed by atoms with Crippen molar-refractivity contribution in [2.45, 2.75) is 39.0 Å². The van der Waals surface area contributed by atoms with Gasteiger partial charge in [-0.3, -0.25) is 9.59 Å². The van der Waals surface area contributed by atoms with Crippen LogP contribution in [0.1, 0.15) is 50.2 Å². The molecule has 1 N–H and O–H groups in total. The van der Waals surface area contributed by atoms with Crippen LogP contribution in [0.15, 0.2) is 103 Å². The Bertz CT molecular complexity index is 1670. The van der Waals surface area contributed by atoms with E-state index >= 15 is 0 Å². The maximum atomic E-state index is 14.4. The number of rotatable bonds is 12. The minimum atomic E-state index is -1.32. The quantitative estimate of drug-likeness (QED) is 0.106. The van der Waals surface area contributed by atoms with Crippen molar-refractivity contribution in [3.63, 3.8) is 0 Å². The molecular formula is C35H31F3N2O2. The summed E-state index contributed by atoms with van der Waals surface area (Å²) in [5, 5.41) is 0. The largest absolute Gasteiger partial charge is 0.338 e. The molecule has 7 heteroatoms. The molecule has 4 aromatic rings. The molecule has 0 aliphatic rings. The minimum absolute atomic E-state index is 0.0408. The van der Waals surface area contributed by atoms with Crippen LogP contribution in [-0.2, 0) is 9.59 Å². The van der Waals surface area contributed by atoms with Crippen molar-refractivity contribution in [3.8, 4) is 22.6 Å². The van der Waals surface area contributed by atoms with Crippen molar-refractivity contribution in [3.05, 3.63) is 132 Å². The van der Waals surface area contributed by atoms with Crippen LogP contribution >= 0.6 is 0 Å². The van der Waals surface area contributed by atoms with E-state index in [4.69, 9.17) is 0 Å². The summed E-state index contributed by atoms with van der Waals surface area (Å²) in [7, 11) is 0. The molecule has 0 aliphatic carbocycles. The lowest BCUT2D eigenvalue weighted by Crippen LogP contribution is -2.08. The van der Waals surface area contributed by atoms with Crippen molar-refractivity contribution in [2.24, 2.45) is 0 Å². The lowest BCUT2D eigenvalue weighted by molar-refractivity contribution is -0.115. The predicted molar refractivity (Wildman–Crippen MR) is 160 cm³/mol. The lowest BCUT2D eigenvalue weighted by Gasteiger charge is -2.16. The van der Waals surface area contributed by atoms with Gasteiger partial charge in [-0.05, 0) is 54.2 Å². The first-order valence-corrected chi connectivity index (χ1v) is 13.7. The highest BCUT2D eigenvalue weighted by atomic mass is 19.2. The van der Waals surface area contributed by atoms with Crippen molar-refractivity contribution in [1.82, 2.24) is 9.97 Å². The number of hydrogen-bond acceptors (Lipinski definition) is 3. The second-order valence-corrected chi connectivity index (χ2v) is 10.0. The number of nitrogens with one attached hydrogen (secondary N) is 1. The maximum Gasteiger partial charge on any atom is 0.171 e. The summed E-state index contributed by atoms with van der Waals surface area (Å²) in [6.45, 7) is 7.47. The normalized spacial score (nSPS) is 12.5. The second-order valence-electron chi connectivity index (χ2n) is 10.0. The van der Waals surface area contributed by atoms with Gasteiger partial charge in [-0.15, -0.1) is 0 Å². The summed E-state index contributed by atoms with van der Waals surface area (Å²) in [6, 6.07) is 18.5. The highest BCUT2D eigenvalue weighted by molar-refractivity contribution is 6.01. The Morgan fingerprint density at radius 2 is 1.64 bits per heavy atom. The molecule has 3 aromatic carbocycles. The zero-order valence-corrected chi connectivity index (χ0v) is 23.5. The average molecular weight is 569 g/mol. The van der Waals surface area contributed by atoms with E-state index in [2.05, 4.69) is 23.5 Å². The summed E-state index contributed by atoms with van der Waals surface area (Å²) in [4.78, 5) is 32.5. The summed E-state index contributed by atoms with van der Waals surface area (Å²) in [6.07, 6.45) is 7.99. The number of halogens is 3. The molecule has 1 aromatic heterocycles. The average Bonchev–Trinajstić information content (AvgIpc) is 3.47. The van der Waals surface area contributed by atoms with Crippen LogP contribution in [0.25, 0.3) is 28.2 Å². The molecule has 0 aliphatic heterocycles. The first-order chi connectivity index (χ1) is 20.2. The molecule has 0 bridgehead atoms. The fourth-order valence-corrected chi connectivity index (χ4v) is 4.83. The van der Waals surface area contributed by atoms with Gasteiger partial charge in [-0.25, -0.2) is 18.2 Å². The van der Waals surface area contributed by atoms with Gasteiger partial charge in [0.1, 0.15) is 11.6 Å². The Balaban J connectivity index is 1.63. The maximum absolute atomic E-state index is 14.4. The van der Waals surface area contributed by atoms with Gasteiger partial charge in [0, 0.05) is 17.6 Å². The van der Waals surface area contributed by atoms with E-state index < -0.39 is 23.0 Å². The SMILES string of the molecule is C=C(/C=C\C(=C\C(C)=O)c1ccccc1-c1ncc(-c2c(F)ccc(F)c2F)[nH]1)C(=O)C[C@H](CCC)c1ccccc1. The zero-order chi connectivity index (χ0) is 30.2. The zero-order valence-electron chi connectivity index (χ0n) is 23.5. The van der Waals surface area contributed by atoms with Crippen LogP contribution in [0, 0.1) is 17.5 Å². The molecule has 0 radical (unpaired) electrons. The molecule has 214 valence electrons. The number of benzene rings is 3. The van der Waals surface area contributed by atoms with Gasteiger partial charge in [-0.2, -0.15) is 0 Å². The van der Waals surface area contributed by atoms with E-state index in [1.54, 1.807) is 36.4 Å². The number of ketones is 2. The van der Waals surface area contributed by atoms with Gasteiger partial charge in [0.25, 0.3) is 0 Å². The number of aromatic amines is 1. The number of allylic oxidation sites excluding steroid dienone is 5. The summed E-state index contributed by atoms with van der Waals surface area (Å²) in [5.74, 6) is -3.44. The first-order valence-electron chi connectivity index (χ1n) is 13.7. The minimum Gasteiger partial charge on any atom is -0.338 e. The number of aromatic nitrogens is 2. The third-order valence-electron chi connectivity index (χ3n) is 6.90. The molecule has 1 heterocycles. The monoisotopic (exact) mass is 568 g/mol. The molecule has 42 heavy (non-hydrogen) atoms.